The lowest BCUT2D eigenvalue weighted by molar-refractivity contribution is 0.122. The third kappa shape index (κ3) is 3.90. The molecule has 2 aromatic carbocycles. The van der Waals surface area contributed by atoms with Gasteiger partial charge in [-0.15, -0.1) is 11.3 Å². The predicted molar refractivity (Wildman–Crippen MR) is 129 cm³/mol. The molecular weight excluding hydrogens is 461 g/mol. The molecule has 33 heavy (non-hydrogen) atoms. The first-order valence-corrected chi connectivity index (χ1v) is 13.6. The van der Waals surface area contributed by atoms with Gasteiger partial charge in [0, 0.05) is 43.1 Å². The molecule has 0 spiro atoms. The summed E-state index contributed by atoms with van der Waals surface area (Å²) in [6.07, 6.45) is 0. The number of nitrogens with zero attached hydrogens (tertiary/aromatic N) is 2. The Morgan fingerprint density at radius 2 is 1.82 bits per heavy atom. The van der Waals surface area contributed by atoms with Crippen molar-refractivity contribution in [2.45, 2.75) is 4.21 Å². The molecule has 1 saturated carbocycles. The Balaban J connectivity index is 1.05. The Kier molecular flexibility index (Phi) is 5.32. The number of sulfonamides is 1. The van der Waals surface area contributed by atoms with Crippen LogP contribution in [0.2, 0.25) is 0 Å². The lowest BCUT2D eigenvalue weighted by Gasteiger charge is -2.29. The van der Waals surface area contributed by atoms with Crippen LogP contribution in [0.5, 0.6) is 0 Å². The average Bonchev–Trinajstić information content (AvgIpc) is 3.18. The second-order valence-corrected chi connectivity index (χ2v) is 12.3. The molecule has 2 aliphatic heterocycles. The summed E-state index contributed by atoms with van der Waals surface area (Å²) >= 11 is 1.34. The summed E-state index contributed by atoms with van der Waals surface area (Å²) in [4.78, 5) is 2.01. The van der Waals surface area contributed by atoms with Gasteiger partial charge < -0.3 is 15.0 Å². The summed E-state index contributed by atoms with van der Waals surface area (Å²) in [5.41, 5.74) is 1.39. The van der Waals surface area contributed by atoms with Crippen molar-refractivity contribution < 1.29 is 17.5 Å². The highest BCUT2D eigenvalue weighted by Gasteiger charge is 2.57. The second kappa shape index (κ2) is 8.23. The zero-order valence-electron chi connectivity index (χ0n) is 18.1. The molecule has 3 heterocycles. The number of rotatable bonds is 6. The van der Waals surface area contributed by atoms with Crippen LogP contribution >= 0.6 is 11.3 Å². The summed E-state index contributed by atoms with van der Waals surface area (Å²) in [7, 11) is -3.45. The number of halogens is 1. The van der Waals surface area contributed by atoms with Crippen LogP contribution in [-0.2, 0) is 14.8 Å². The standard InChI is InChI=1S/C24H26FN3O3S2/c25-21-12-17(5-6-22(21)27-7-9-31-10-8-27)26-13-18-19-14-28(15-20(18)19)33(29,30)24-11-16-3-1-2-4-23(16)32-24/h1-6,11-12,18-20,26H,7-10,13-15H2. The molecule has 0 amide bonds. The van der Waals surface area contributed by atoms with Gasteiger partial charge in [-0.05, 0) is 53.5 Å². The highest BCUT2D eigenvalue weighted by molar-refractivity contribution is 7.91. The molecule has 1 aliphatic carbocycles. The molecule has 0 bridgehead atoms. The third-order valence-electron chi connectivity index (χ3n) is 7.18. The average molecular weight is 488 g/mol. The Morgan fingerprint density at radius 1 is 1.06 bits per heavy atom. The number of anilines is 2. The van der Waals surface area contributed by atoms with E-state index in [1.807, 2.05) is 41.3 Å². The minimum absolute atomic E-state index is 0.224. The van der Waals surface area contributed by atoms with Crippen molar-refractivity contribution >= 4 is 42.8 Å². The third-order valence-corrected chi connectivity index (χ3v) is 10.6. The molecule has 3 aromatic rings. The van der Waals surface area contributed by atoms with E-state index in [9.17, 15) is 12.8 Å². The summed E-state index contributed by atoms with van der Waals surface area (Å²) in [6, 6.07) is 14.9. The first-order valence-electron chi connectivity index (χ1n) is 11.4. The van der Waals surface area contributed by atoms with Crippen LogP contribution in [0.1, 0.15) is 0 Å². The van der Waals surface area contributed by atoms with Crippen LogP contribution in [0.25, 0.3) is 10.1 Å². The van der Waals surface area contributed by atoms with Gasteiger partial charge in [0.25, 0.3) is 10.0 Å². The summed E-state index contributed by atoms with van der Waals surface area (Å²) < 4.78 is 49.3. The first-order chi connectivity index (χ1) is 16.0. The maximum atomic E-state index is 14.6. The minimum atomic E-state index is -3.45. The van der Waals surface area contributed by atoms with E-state index < -0.39 is 10.0 Å². The summed E-state index contributed by atoms with van der Waals surface area (Å²) in [5.74, 6) is 0.956. The molecule has 6 rings (SSSR count). The number of nitrogens with one attached hydrogen (secondary N) is 1. The number of morpholine rings is 1. The molecule has 0 radical (unpaired) electrons. The second-order valence-electron chi connectivity index (χ2n) is 9.06. The number of piperidine rings is 1. The summed E-state index contributed by atoms with van der Waals surface area (Å²) in [6.45, 7) is 4.53. The predicted octanol–water partition coefficient (Wildman–Crippen LogP) is 3.86. The smallest absolute Gasteiger partial charge is 0.252 e. The largest absolute Gasteiger partial charge is 0.385 e. The Hall–Kier alpha value is -2.20. The van der Waals surface area contributed by atoms with Crippen molar-refractivity contribution in [3.63, 3.8) is 0 Å². The van der Waals surface area contributed by atoms with Gasteiger partial charge in [0.2, 0.25) is 0 Å². The minimum Gasteiger partial charge on any atom is -0.385 e. The van der Waals surface area contributed by atoms with Crippen molar-refractivity contribution in [3.05, 3.63) is 54.3 Å². The van der Waals surface area contributed by atoms with Crippen LogP contribution in [0.4, 0.5) is 15.8 Å². The van der Waals surface area contributed by atoms with Crippen LogP contribution in [0.15, 0.2) is 52.7 Å². The van der Waals surface area contributed by atoms with E-state index in [1.54, 1.807) is 16.4 Å². The molecule has 1 N–H and O–H groups in total. The van der Waals surface area contributed by atoms with Crippen LogP contribution in [-0.4, -0.2) is 58.7 Å². The molecule has 2 atom stereocenters. The quantitative estimate of drug-likeness (QED) is 0.572. The van der Waals surface area contributed by atoms with Gasteiger partial charge >= 0.3 is 0 Å². The van der Waals surface area contributed by atoms with Crippen molar-refractivity contribution in [1.29, 1.82) is 0 Å². The molecule has 3 fully saturated rings. The van der Waals surface area contributed by atoms with Gasteiger partial charge in [0.05, 0.1) is 18.9 Å². The zero-order valence-corrected chi connectivity index (χ0v) is 19.7. The highest BCUT2D eigenvalue weighted by atomic mass is 32.2. The lowest BCUT2D eigenvalue weighted by Crippen LogP contribution is -2.36. The van der Waals surface area contributed by atoms with E-state index in [2.05, 4.69) is 5.32 Å². The molecule has 1 aromatic heterocycles. The molecular formula is C24H26FN3O3S2. The van der Waals surface area contributed by atoms with E-state index in [4.69, 9.17) is 4.74 Å². The van der Waals surface area contributed by atoms with Crippen LogP contribution < -0.4 is 10.2 Å². The van der Waals surface area contributed by atoms with Crippen molar-refractivity contribution in [2.75, 3.05) is 56.2 Å². The molecule has 6 nitrogen and oxygen atoms in total. The maximum Gasteiger partial charge on any atom is 0.252 e. The van der Waals surface area contributed by atoms with E-state index in [0.717, 1.165) is 22.3 Å². The SMILES string of the molecule is O=S(=O)(c1cc2ccccc2s1)N1CC2C(CNc3ccc(N4CCOCC4)c(F)c3)C2C1. The molecule has 2 saturated heterocycles. The van der Waals surface area contributed by atoms with E-state index in [1.165, 1.54) is 11.3 Å². The highest BCUT2D eigenvalue weighted by Crippen LogP contribution is 2.53. The fourth-order valence-electron chi connectivity index (χ4n) is 5.23. The van der Waals surface area contributed by atoms with Gasteiger partial charge in [-0.2, -0.15) is 4.31 Å². The van der Waals surface area contributed by atoms with E-state index in [-0.39, 0.29) is 5.82 Å². The van der Waals surface area contributed by atoms with Crippen molar-refractivity contribution in [3.8, 4) is 0 Å². The Morgan fingerprint density at radius 3 is 2.55 bits per heavy atom. The monoisotopic (exact) mass is 487 g/mol. The summed E-state index contributed by atoms with van der Waals surface area (Å²) in [5, 5.41) is 4.33. The molecule has 174 valence electrons. The topological polar surface area (TPSA) is 61.9 Å². The molecule has 2 unspecified atom stereocenters. The normalized spacial score (nSPS) is 25.4. The van der Waals surface area contributed by atoms with Crippen LogP contribution in [0.3, 0.4) is 0 Å². The van der Waals surface area contributed by atoms with Gasteiger partial charge in [-0.1, -0.05) is 18.2 Å². The first kappa shape index (κ1) is 21.3. The number of fused-ring (bicyclic) bond motifs is 2. The van der Waals surface area contributed by atoms with Crippen molar-refractivity contribution in [2.24, 2.45) is 17.8 Å². The van der Waals surface area contributed by atoms with E-state index >= 15 is 0 Å². The number of ether oxygens (including phenoxy) is 1. The number of hydrogen-bond donors (Lipinski definition) is 1. The van der Waals surface area contributed by atoms with Gasteiger partial charge in [0.1, 0.15) is 10.0 Å². The Bertz CT molecular complexity index is 1240. The lowest BCUT2D eigenvalue weighted by atomic mass is 10.2. The van der Waals surface area contributed by atoms with Gasteiger partial charge in [0.15, 0.2) is 0 Å². The fourth-order valence-corrected chi connectivity index (χ4v) is 8.30. The van der Waals surface area contributed by atoms with Crippen LogP contribution in [0, 0.1) is 23.6 Å². The van der Waals surface area contributed by atoms with Gasteiger partial charge in [-0.25, -0.2) is 12.8 Å². The van der Waals surface area contributed by atoms with E-state index in [0.29, 0.717) is 67.0 Å². The van der Waals surface area contributed by atoms with Gasteiger partial charge in [-0.3, -0.25) is 0 Å². The zero-order chi connectivity index (χ0) is 22.6. The number of benzene rings is 2. The maximum absolute atomic E-state index is 14.6. The van der Waals surface area contributed by atoms with Crippen molar-refractivity contribution in [1.82, 2.24) is 4.31 Å². The fraction of sp³-hybridized carbons (Fsp3) is 0.417. The number of thiophene rings is 1. The molecule has 9 heteroatoms. The molecule has 3 aliphatic rings. The number of hydrogen-bond acceptors (Lipinski definition) is 6. The Labute approximate surface area is 197 Å².